The van der Waals surface area contributed by atoms with Crippen LogP contribution in [0.2, 0.25) is 10.0 Å². The third-order valence-electron chi connectivity index (χ3n) is 7.93. The highest BCUT2D eigenvalue weighted by Gasteiger charge is 2.51. The van der Waals surface area contributed by atoms with Gasteiger partial charge in [0.25, 0.3) is 5.22 Å². The van der Waals surface area contributed by atoms with Crippen LogP contribution in [0.4, 0.5) is 0 Å². The summed E-state index contributed by atoms with van der Waals surface area (Å²) in [5, 5.41) is 9.43. The van der Waals surface area contributed by atoms with Gasteiger partial charge in [0.1, 0.15) is 5.78 Å². The molecule has 176 valence electrons. The van der Waals surface area contributed by atoms with E-state index in [1.165, 1.54) is 55.9 Å². The second-order valence-electron chi connectivity index (χ2n) is 10.4. The van der Waals surface area contributed by atoms with E-state index in [0.717, 1.165) is 23.3 Å². The van der Waals surface area contributed by atoms with Gasteiger partial charge in [-0.15, -0.1) is 10.2 Å². The summed E-state index contributed by atoms with van der Waals surface area (Å²) in [6.07, 6.45) is 8.87. The predicted molar refractivity (Wildman–Crippen MR) is 135 cm³/mol. The van der Waals surface area contributed by atoms with Crippen LogP contribution in [0.5, 0.6) is 0 Å². The highest BCUT2D eigenvalue weighted by atomic mass is 35.5. The maximum atomic E-state index is 12.6. The lowest BCUT2D eigenvalue weighted by molar-refractivity contribution is -0.116. The largest absolute Gasteiger partial charge is 0.411 e. The normalized spacial score (nSPS) is 27.3. The van der Waals surface area contributed by atoms with Crippen molar-refractivity contribution in [3.05, 3.63) is 63.6 Å². The Morgan fingerprint density at radius 3 is 2.29 bits per heavy atom. The number of hydrogen-bond acceptors (Lipinski definition) is 5. The Hall–Kier alpha value is -1.82. The van der Waals surface area contributed by atoms with Crippen molar-refractivity contribution in [1.82, 2.24) is 10.2 Å². The molecule has 0 saturated heterocycles. The minimum Gasteiger partial charge on any atom is -0.411 e. The first-order valence-corrected chi connectivity index (χ1v) is 13.7. The maximum Gasteiger partial charge on any atom is 0.277 e. The molecule has 0 N–H and O–H groups in total. The summed E-state index contributed by atoms with van der Waals surface area (Å²) in [4.78, 5) is 12.6. The van der Waals surface area contributed by atoms with E-state index in [9.17, 15) is 4.79 Å². The van der Waals surface area contributed by atoms with Crippen molar-refractivity contribution < 1.29 is 9.21 Å². The zero-order chi connectivity index (χ0) is 23.3. The molecule has 34 heavy (non-hydrogen) atoms. The van der Waals surface area contributed by atoms with Crippen LogP contribution < -0.4 is 0 Å². The SMILES string of the molecule is O=C(CSc1nnc(-c2ccc(Cl)cc2Cl)o1)Cc1ccc(C23CC4CC(CC(C4)C2)C3)cc1. The summed E-state index contributed by atoms with van der Waals surface area (Å²) < 4.78 is 5.68. The average molecular weight is 513 g/mol. The van der Waals surface area contributed by atoms with Gasteiger partial charge in [-0.3, -0.25) is 4.79 Å². The van der Waals surface area contributed by atoms with Gasteiger partial charge in [0.15, 0.2) is 0 Å². The van der Waals surface area contributed by atoms with Gasteiger partial charge in [0, 0.05) is 11.4 Å². The summed E-state index contributed by atoms with van der Waals surface area (Å²) in [5.74, 6) is 3.54. The number of carbonyl (C=O) groups excluding carboxylic acids is 1. The summed E-state index contributed by atoms with van der Waals surface area (Å²) in [6.45, 7) is 0. The van der Waals surface area contributed by atoms with E-state index in [-0.39, 0.29) is 11.5 Å². The molecule has 1 heterocycles. The van der Waals surface area contributed by atoms with Crippen molar-refractivity contribution in [3.63, 3.8) is 0 Å². The van der Waals surface area contributed by atoms with Crippen LogP contribution in [0.25, 0.3) is 11.5 Å². The third kappa shape index (κ3) is 4.43. The first-order chi connectivity index (χ1) is 16.5. The molecule has 4 nitrogen and oxygen atoms in total. The number of carbonyl (C=O) groups is 1. The van der Waals surface area contributed by atoms with Gasteiger partial charge in [-0.2, -0.15) is 0 Å². The number of hydrogen-bond donors (Lipinski definition) is 0. The number of Topliss-reactive ketones (excluding diaryl/α,β-unsaturated/α-hetero) is 1. The summed E-state index contributed by atoms with van der Waals surface area (Å²) in [7, 11) is 0. The fraction of sp³-hybridized carbons (Fsp3) is 0.444. The highest BCUT2D eigenvalue weighted by Crippen LogP contribution is 2.60. The Balaban J connectivity index is 1.06. The van der Waals surface area contributed by atoms with Gasteiger partial charge < -0.3 is 4.42 Å². The summed E-state index contributed by atoms with van der Waals surface area (Å²) >= 11 is 13.4. The van der Waals surface area contributed by atoms with E-state index in [1.54, 1.807) is 18.2 Å². The van der Waals surface area contributed by atoms with E-state index in [1.807, 2.05) is 0 Å². The Morgan fingerprint density at radius 2 is 1.65 bits per heavy atom. The quantitative estimate of drug-likeness (QED) is 0.308. The molecule has 0 aliphatic heterocycles. The van der Waals surface area contributed by atoms with Gasteiger partial charge in [-0.05, 0) is 91.0 Å². The molecule has 7 rings (SSSR count). The topological polar surface area (TPSA) is 56.0 Å². The molecule has 0 spiro atoms. The molecule has 4 aliphatic carbocycles. The average Bonchev–Trinajstić information content (AvgIpc) is 3.26. The van der Waals surface area contributed by atoms with Gasteiger partial charge in [0.2, 0.25) is 5.89 Å². The van der Waals surface area contributed by atoms with Crippen LogP contribution in [0.1, 0.15) is 49.7 Å². The number of nitrogens with zero attached hydrogens (tertiary/aromatic N) is 2. The molecule has 1 aromatic heterocycles. The fourth-order valence-electron chi connectivity index (χ4n) is 6.90. The second-order valence-corrected chi connectivity index (χ2v) is 12.2. The lowest BCUT2D eigenvalue weighted by Gasteiger charge is -2.57. The lowest BCUT2D eigenvalue weighted by atomic mass is 9.48. The monoisotopic (exact) mass is 512 g/mol. The fourth-order valence-corrected chi connectivity index (χ4v) is 8.01. The number of benzene rings is 2. The van der Waals surface area contributed by atoms with Crippen molar-refractivity contribution in [2.45, 2.75) is 55.6 Å². The van der Waals surface area contributed by atoms with E-state index >= 15 is 0 Å². The van der Waals surface area contributed by atoms with Crippen molar-refractivity contribution in [2.24, 2.45) is 17.8 Å². The van der Waals surface area contributed by atoms with Crippen LogP contribution in [0.15, 0.2) is 52.1 Å². The third-order valence-corrected chi connectivity index (χ3v) is 9.36. The molecule has 3 aromatic rings. The molecule has 0 unspecified atom stereocenters. The highest BCUT2D eigenvalue weighted by molar-refractivity contribution is 7.99. The minimum atomic E-state index is 0.136. The van der Waals surface area contributed by atoms with E-state index in [0.29, 0.717) is 38.6 Å². The molecular formula is C27H26Cl2N2O2S. The smallest absolute Gasteiger partial charge is 0.277 e. The van der Waals surface area contributed by atoms with E-state index < -0.39 is 0 Å². The summed E-state index contributed by atoms with van der Waals surface area (Å²) in [5.41, 5.74) is 3.58. The van der Waals surface area contributed by atoms with Gasteiger partial charge >= 0.3 is 0 Å². The van der Waals surface area contributed by atoms with Crippen molar-refractivity contribution in [3.8, 4) is 11.5 Å². The van der Waals surface area contributed by atoms with Crippen molar-refractivity contribution in [2.75, 3.05) is 5.75 Å². The van der Waals surface area contributed by atoms with Gasteiger partial charge in [-0.1, -0.05) is 59.2 Å². The predicted octanol–water partition coefficient (Wildman–Crippen LogP) is 7.42. The minimum absolute atomic E-state index is 0.136. The molecule has 4 bridgehead atoms. The zero-order valence-corrected chi connectivity index (χ0v) is 21.1. The number of ketones is 1. The molecule has 0 amide bonds. The van der Waals surface area contributed by atoms with E-state index in [4.69, 9.17) is 27.6 Å². The Labute approximate surface area is 213 Å². The molecule has 0 radical (unpaired) electrons. The molecular weight excluding hydrogens is 487 g/mol. The van der Waals surface area contributed by atoms with Crippen molar-refractivity contribution >= 4 is 40.7 Å². The second kappa shape index (κ2) is 9.00. The number of rotatable bonds is 7. The molecule has 4 fully saturated rings. The standard InChI is InChI=1S/C27H26Cl2N2O2S/c28-21-5-6-23(24(29)11-21)25-30-31-26(33-25)34-15-22(32)10-16-1-3-20(4-2-16)27-12-17-7-18(13-27)9-19(8-17)14-27/h1-6,11,17-19H,7-10,12-15H2. The van der Waals surface area contributed by atoms with Crippen LogP contribution in [-0.2, 0) is 16.6 Å². The molecule has 2 aromatic carbocycles. The number of aromatic nitrogens is 2. The zero-order valence-electron chi connectivity index (χ0n) is 18.8. The summed E-state index contributed by atoms with van der Waals surface area (Å²) in [6, 6.07) is 14.0. The Bertz CT molecular complexity index is 1190. The molecule has 4 saturated carbocycles. The molecule has 0 atom stereocenters. The Kier molecular flexibility index (Phi) is 5.99. The van der Waals surface area contributed by atoms with Crippen molar-refractivity contribution in [1.29, 1.82) is 0 Å². The molecule has 7 heteroatoms. The van der Waals surface area contributed by atoms with Crippen LogP contribution in [0, 0.1) is 17.8 Å². The van der Waals surface area contributed by atoms with Gasteiger partial charge in [0.05, 0.1) is 16.3 Å². The lowest BCUT2D eigenvalue weighted by Crippen LogP contribution is -2.48. The van der Waals surface area contributed by atoms with Crippen LogP contribution in [-0.4, -0.2) is 21.7 Å². The van der Waals surface area contributed by atoms with Crippen LogP contribution in [0.3, 0.4) is 0 Å². The van der Waals surface area contributed by atoms with Crippen LogP contribution >= 0.6 is 35.0 Å². The molecule has 4 aliphatic rings. The first-order valence-electron chi connectivity index (χ1n) is 12.0. The first kappa shape index (κ1) is 22.6. The van der Waals surface area contributed by atoms with Gasteiger partial charge in [-0.25, -0.2) is 0 Å². The maximum absolute atomic E-state index is 12.6. The number of halogens is 2. The number of thioether (sulfide) groups is 1. The van der Waals surface area contributed by atoms with E-state index in [2.05, 4.69) is 34.5 Å². The Morgan fingerprint density at radius 1 is 0.971 bits per heavy atom.